The van der Waals surface area contributed by atoms with E-state index in [1.807, 2.05) is 17.9 Å². The number of hydrogen-bond donors (Lipinski definition) is 1. The molecule has 0 saturated carbocycles. The van der Waals surface area contributed by atoms with Crippen molar-refractivity contribution < 1.29 is 9.21 Å². The molecule has 94 valence electrons. The molecule has 2 rings (SSSR count). The molecule has 1 aromatic heterocycles. The predicted octanol–water partition coefficient (Wildman–Crippen LogP) is 1.66. The lowest BCUT2D eigenvalue weighted by Gasteiger charge is -2.35. The summed E-state index contributed by atoms with van der Waals surface area (Å²) < 4.78 is 5.51. The third-order valence-electron chi connectivity index (χ3n) is 3.07. The number of piperazine rings is 1. The molecule has 1 aromatic rings. The van der Waals surface area contributed by atoms with Gasteiger partial charge in [-0.2, -0.15) is 0 Å². The molecular weight excluding hydrogens is 216 g/mol. The van der Waals surface area contributed by atoms with Crippen LogP contribution < -0.4 is 5.32 Å². The monoisotopic (exact) mass is 236 g/mol. The smallest absolute Gasteiger partial charge is 0.289 e. The lowest BCUT2D eigenvalue weighted by molar-refractivity contribution is 0.0640. The van der Waals surface area contributed by atoms with Crippen LogP contribution in [0.5, 0.6) is 0 Å². The van der Waals surface area contributed by atoms with Crippen LogP contribution in [0.25, 0.3) is 0 Å². The van der Waals surface area contributed by atoms with Gasteiger partial charge >= 0.3 is 0 Å². The molecular formula is C13H20N2O2. The van der Waals surface area contributed by atoms with Crippen molar-refractivity contribution in [2.24, 2.45) is 0 Å². The molecule has 0 bridgehead atoms. The van der Waals surface area contributed by atoms with Crippen LogP contribution in [0.4, 0.5) is 0 Å². The fraction of sp³-hybridized carbons (Fsp3) is 0.615. The quantitative estimate of drug-likeness (QED) is 0.849. The first kappa shape index (κ1) is 12.2. The molecule has 0 radical (unpaired) electrons. The fourth-order valence-electron chi connectivity index (χ4n) is 2.33. The van der Waals surface area contributed by atoms with E-state index in [9.17, 15) is 4.79 Å². The summed E-state index contributed by atoms with van der Waals surface area (Å²) in [7, 11) is 0. The highest BCUT2D eigenvalue weighted by atomic mass is 16.4. The molecule has 2 unspecified atom stereocenters. The zero-order valence-electron chi connectivity index (χ0n) is 10.7. The van der Waals surface area contributed by atoms with E-state index in [0.29, 0.717) is 17.8 Å². The first-order chi connectivity index (χ1) is 8.10. The van der Waals surface area contributed by atoms with Gasteiger partial charge in [-0.15, -0.1) is 0 Å². The van der Waals surface area contributed by atoms with E-state index < -0.39 is 0 Å². The molecule has 1 aliphatic heterocycles. The molecule has 17 heavy (non-hydrogen) atoms. The molecule has 0 spiro atoms. The highest BCUT2D eigenvalue weighted by Gasteiger charge is 2.27. The van der Waals surface area contributed by atoms with Crippen LogP contribution in [-0.4, -0.2) is 36.0 Å². The maximum atomic E-state index is 12.2. The Bertz CT molecular complexity index is 390. The SMILES string of the molecule is CCc1ccc(C(=O)N2CC(C)NC(C)C2)o1. The third-order valence-corrected chi connectivity index (χ3v) is 3.07. The van der Waals surface area contributed by atoms with Gasteiger partial charge < -0.3 is 14.6 Å². The summed E-state index contributed by atoms with van der Waals surface area (Å²) in [5.41, 5.74) is 0. The van der Waals surface area contributed by atoms with Crippen LogP contribution in [0.3, 0.4) is 0 Å². The Balaban J connectivity index is 2.08. The van der Waals surface area contributed by atoms with E-state index in [2.05, 4.69) is 19.2 Å². The molecule has 4 heteroatoms. The van der Waals surface area contributed by atoms with Gasteiger partial charge in [0.15, 0.2) is 5.76 Å². The molecule has 1 aliphatic rings. The lowest BCUT2D eigenvalue weighted by Crippen LogP contribution is -2.55. The second-order valence-electron chi connectivity index (χ2n) is 4.80. The van der Waals surface area contributed by atoms with Crippen LogP contribution in [-0.2, 0) is 6.42 Å². The van der Waals surface area contributed by atoms with E-state index in [1.54, 1.807) is 6.07 Å². The van der Waals surface area contributed by atoms with Crippen molar-refractivity contribution in [1.82, 2.24) is 10.2 Å². The van der Waals surface area contributed by atoms with Crippen molar-refractivity contribution >= 4 is 5.91 Å². The van der Waals surface area contributed by atoms with Crippen molar-refractivity contribution in [3.63, 3.8) is 0 Å². The topological polar surface area (TPSA) is 45.5 Å². The van der Waals surface area contributed by atoms with Gasteiger partial charge in [0.05, 0.1) is 0 Å². The van der Waals surface area contributed by atoms with Crippen molar-refractivity contribution in [1.29, 1.82) is 0 Å². The maximum absolute atomic E-state index is 12.2. The Morgan fingerprint density at radius 2 is 2.06 bits per heavy atom. The highest BCUT2D eigenvalue weighted by Crippen LogP contribution is 2.14. The second kappa shape index (κ2) is 4.92. The van der Waals surface area contributed by atoms with Gasteiger partial charge in [-0.1, -0.05) is 6.92 Å². The van der Waals surface area contributed by atoms with Crippen molar-refractivity contribution in [3.05, 3.63) is 23.7 Å². The summed E-state index contributed by atoms with van der Waals surface area (Å²) in [5.74, 6) is 1.33. The van der Waals surface area contributed by atoms with E-state index in [4.69, 9.17) is 4.42 Å². The number of carbonyl (C=O) groups is 1. The molecule has 0 aliphatic carbocycles. The molecule has 1 amide bonds. The standard InChI is InChI=1S/C13H20N2O2/c1-4-11-5-6-12(17-11)13(16)15-7-9(2)14-10(3)8-15/h5-6,9-10,14H,4,7-8H2,1-3H3. The number of nitrogens with one attached hydrogen (secondary N) is 1. The minimum atomic E-state index is 0.00454. The van der Waals surface area contributed by atoms with Gasteiger partial charge in [-0.3, -0.25) is 4.79 Å². The van der Waals surface area contributed by atoms with Crippen molar-refractivity contribution in [3.8, 4) is 0 Å². The van der Waals surface area contributed by atoms with Crippen LogP contribution >= 0.6 is 0 Å². The van der Waals surface area contributed by atoms with Gasteiger partial charge in [0.1, 0.15) is 5.76 Å². The average molecular weight is 236 g/mol. The number of nitrogens with zero attached hydrogens (tertiary/aromatic N) is 1. The van der Waals surface area contributed by atoms with E-state index in [1.165, 1.54) is 0 Å². The van der Waals surface area contributed by atoms with E-state index >= 15 is 0 Å². The summed E-state index contributed by atoms with van der Waals surface area (Å²) in [6.45, 7) is 7.68. The molecule has 2 atom stereocenters. The summed E-state index contributed by atoms with van der Waals surface area (Å²) in [6, 6.07) is 4.33. The Hall–Kier alpha value is -1.29. The molecule has 0 aromatic carbocycles. The summed E-state index contributed by atoms with van der Waals surface area (Å²) >= 11 is 0. The van der Waals surface area contributed by atoms with Crippen molar-refractivity contribution in [2.45, 2.75) is 39.3 Å². The van der Waals surface area contributed by atoms with Crippen molar-refractivity contribution in [2.75, 3.05) is 13.1 Å². The minimum absolute atomic E-state index is 0.00454. The van der Waals surface area contributed by atoms with Crippen LogP contribution in [0.2, 0.25) is 0 Å². The number of aryl methyl sites for hydroxylation is 1. The summed E-state index contributed by atoms with van der Waals surface area (Å²) in [4.78, 5) is 14.1. The van der Waals surface area contributed by atoms with Gasteiger partial charge in [0, 0.05) is 31.6 Å². The number of carbonyl (C=O) groups excluding carboxylic acids is 1. The molecule has 1 N–H and O–H groups in total. The Kier molecular flexibility index (Phi) is 3.52. The first-order valence-corrected chi connectivity index (χ1v) is 6.24. The highest BCUT2D eigenvalue weighted by molar-refractivity contribution is 5.91. The van der Waals surface area contributed by atoms with Crippen LogP contribution in [0, 0.1) is 0 Å². The van der Waals surface area contributed by atoms with Gasteiger partial charge in [-0.25, -0.2) is 0 Å². The average Bonchev–Trinajstić information content (AvgIpc) is 2.75. The number of hydrogen-bond acceptors (Lipinski definition) is 3. The molecule has 1 saturated heterocycles. The van der Waals surface area contributed by atoms with E-state index in [0.717, 1.165) is 25.3 Å². The third kappa shape index (κ3) is 2.69. The number of furan rings is 1. The van der Waals surface area contributed by atoms with Gasteiger partial charge in [0.25, 0.3) is 5.91 Å². The van der Waals surface area contributed by atoms with Crippen LogP contribution in [0.1, 0.15) is 37.1 Å². The molecule has 2 heterocycles. The number of amides is 1. The summed E-state index contributed by atoms with van der Waals surface area (Å²) in [6.07, 6.45) is 0.821. The van der Waals surface area contributed by atoms with E-state index in [-0.39, 0.29) is 5.91 Å². The largest absolute Gasteiger partial charge is 0.456 e. The van der Waals surface area contributed by atoms with Gasteiger partial charge in [-0.05, 0) is 26.0 Å². The molecule has 1 fully saturated rings. The second-order valence-corrected chi connectivity index (χ2v) is 4.80. The lowest BCUT2D eigenvalue weighted by atomic mass is 10.1. The zero-order chi connectivity index (χ0) is 12.4. The normalized spacial score (nSPS) is 25.0. The zero-order valence-corrected chi connectivity index (χ0v) is 10.7. The minimum Gasteiger partial charge on any atom is -0.456 e. The van der Waals surface area contributed by atoms with Gasteiger partial charge in [0.2, 0.25) is 0 Å². The Labute approximate surface area is 102 Å². The number of rotatable bonds is 2. The Morgan fingerprint density at radius 1 is 1.41 bits per heavy atom. The predicted molar refractivity (Wildman–Crippen MR) is 66.0 cm³/mol. The Morgan fingerprint density at radius 3 is 2.59 bits per heavy atom. The molecule has 4 nitrogen and oxygen atoms in total. The van der Waals surface area contributed by atoms with Crippen LogP contribution in [0.15, 0.2) is 16.5 Å². The fourth-order valence-corrected chi connectivity index (χ4v) is 2.33. The maximum Gasteiger partial charge on any atom is 0.289 e. The first-order valence-electron chi connectivity index (χ1n) is 6.24. The summed E-state index contributed by atoms with van der Waals surface area (Å²) in [5, 5.41) is 3.41.